The van der Waals surface area contributed by atoms with Gasteiger partial charge in [-0.15, -0.1) is 0 Å². The van der Waals surface area contributed by atoms with Gasteiger partial charge in [-0.2, -0.15) is 0 Å². The molecule has 94 valence electrons. The van der Waals surface area contributed by atoms with Gasteiger partial charge >= 0.3 is 0 Å². The third-order valence-corrected chi connectivity index (χ3v) is 3.48. The molecule has 0 heterocycles. The first-order valence-electron chi connectivity index (χ1n) is 6.23. The molecular weight excluding hydrogens is 204 g/mol. The van der Waals surface area contributed by atoms with Crippen LogP contribution in [0.4, 0.5) is 0 Å². The third-order valence-electron chi connectivity index (χ3n) is 3.48. The first-order valence-corrected chi connectivity index (χ1v) is 6.23. The number of nitrogens with one attached hydrogen (secondary N) is 1. The van der Waals surface area contributed by atoms with E-state index in [0.717, 1.165) is 12.8 Å². The summed E-state index contributed by atoms with van der Waals surface area (Å²) in [6, 6.07) is 0. The number of hydrogen-bond donors (Lipinski definition) is 3. The molecule has 1 saturated carbocycles. The van der Waals surface area contributed by atoms with E-state index in [9.17, 15) is 4.79 Å². The van der Waals surface area contributed by atoms with Crippen LogP contribution in [0.2, 0.25) is 0 Å². The fourth-order valence-corrected chi connectivity index (χ4v) is 2.42. The molecule has 1 atom stereocenters. The number of amides is 1. The van der Waals surface area contributed by atoms with E-state index in [0.29, 0.717) is 19.5 Å². The van der Waals surface area contributed by atoms with Crippen LogP contribution in [0.3, 0.4) is 0 Å². The van der Waals surface area contributed by atoms with Crippen molar-refractivity contribution in [3.8, 4) is 0 Å². The second-order valence-electron chi connectivity index (χ2n) is 5.09. The lowest BCUT2D eigenvalue weighted by Crippen LogP contribution is -2.40. The van der Waals surface area contributed by atoms with Gasteiger partial charge in [0.2, 0.25) is 5.91 Å². The molecule has 1 fully saturated rings. The van der Waals surface area contributed by atoms with Gasteiger partial charge in [-0.25, -0.2) is 0 Å². The minimum Gasteiger partial charge on any atom is -0.392 e. The molecule has 0 aromatic rings. The molecule has 4 heteroatoms. The zero-order chi connectivity index (χ0) is 12.0. The molecule has 0 spiro atoms. The summed E-state index contributed by atoms with van der Waals surface area (Å²) in [5.74, 6) is 0.0215. The van der Waals surface area contributed by atoms with Gasteiger partial charge in [-0.1, -0.05) is 19.3 Å². The Kier molecular flexibility index (Phi) is 5.22. The Labute approximate surface area is 97.6 Å². The molecule has 0 saturated heterocycles. The van der Waals surface area contributed by atoms with E-state index in [-0.39, 0.29) is 11.3 Å². The van der Waals surface area contributed by atoms with Crippen LogP contribution >= 0.6 is 0 Å². The molecule has 0 unspecified atom stereocenters. The van der Waals surface area contributed by atoms with Crippen molar-refractivity contribution in [2.45, 2.75) is 51.6 Å². The summed E-state index contributed by atoms with van der Waals surface area (Å²) in [6.45, 7) is 2.59. The van der Waals surface area contributed by atoms with Gasteiger partial charge in [0.15, 0.2) is 0 Å². The number of carbonyl (C=O) groups excluding carboxylic acids is 1. The Morgan fingerprint density at radius 2 is 2.06 bits per heavy atom. The zero-order valence-electron chi connectivity index (χ0n) is 10.2. The lowest BCUT2D eigenvalue weighted by atomic mass is 9.71. The molecule has 0 radical (unpaired) electrons. The second-order valence-corrected chi connectivity index (χ2v) is 5.09. The largest absolute Gasteiger partial charge is 0.392 e. The maximum absolute atomic E-state index is 11.7. The maximum atomic E-state index is 11.7. The summed E-state index contributed by atoms with van der Waals surface area (Å²) in [5.41, 5.74) is 5.83. The highest BCUT2D eigenvalue weighted by Crippen LogP contribution is 2.38. The molecular formula is C12H24N2O2. The van der Waals surface area contributed by atoms with E-state index in [1.54, 1.807) is 6.92 Å². The molecule has 0 aliphatic heterocycles. The number of hydrogen-bond acceptors (Lipinski definition) is 3. The molecule has 1 aliphatic carbocycles. The summed E-state index contributed by atoms with van der Waals surface area (Å²) in [6.07, 6.45) is 5.77. The van der Waals surface area contributed by atoms with E-state index in [1.807, 2.05) is 0 Å². The van der Waals surface area contributed by atoms with Crippen molar-refractivity contribution in [3.05, 3.63) is 0 Å². The minimum absolute atomic E-state index is 0.0149. The average Bonchev–Trinajstić information content (AvgIpc) is 2.28. The van der Waals surface area contributed by atoms with Crippen molar-refractivity contribution in [1.29, 1.82) is 0 Å². The Balaban J connectivity index is 2.39. The zero-order valence-corrected chi connectivity index (χ0v) is 10.2. The summed E-state index contributed by atoms with van der Waals surface area (Å²) >= 11 is 0. The lowest BCUT2D eigenvalue weighted by Gasteiger charge is -2.35. The van der Waals surface area contributed by atoms with Crippen LogP contribution < -0.4 is 11.1 Å². The lowest BCUT2D eigenvalue weighted by molar-refractivity contribution is -0.124. The monoisotopic (exact) mass is 228 g/mol. The first-order chi connectivity index (χ1) is 7.58. The molecule has 16 heavy (non-hydrogen) atoms. The number of aliphatic hydroxyl groups excluding tert-OH is 1. The highest BCUT2D eigenvalue weighted by molar-refractivity contribution is 5.76. The third kappa shape index (κ3) is 4.10. The predicted octanol–water partition coefficient (Wildman–Crippen LogP) is 0.783. The smallest absolute Gasteiger partial charge is 0.220 e. The highest BCUT2D eigenvalue weighted by Gasteiger charge is 2.32. The Hall–Kier alpha value is -0.610. The van der Waals surface area contributed by atoms with E-state index < -0.39 is 6.10 Å². The highest BCUT2D eigenvalue weighted by atomic mass is 16.3. The Morgan fingerprint density at radius 3 is 2.56 bits per heavy atom. The Bertz CT molecular complexity index is 223. The van der Waals surface area contributed by atoms with Crippen LogP contribution in [0, 0.1) is 5.41 Å². The fraction of sp³-hybridized carbons (Fsp3) is 0.917. The topological polar surface area (TPSA) is 75.3 Å². The molecule has 4 N–H and O–H groups in total. The van der Waals surface area contributed by atoms with E-state index in [4.69, 9.17) is 10.8 Å². The first kappa shape index (κ1) is 13.5. The van der Waals surface area contributed by atoms with E-state index >= 15 is 0 Å². The second kappa shape index (κ2) is 6.21. The van der Waals surface area contributed by atoms with Crippen molar-refractivity contribution >= 4 is 5.91 Å². The number of rotatable bonds is 5. The standard InChI is InChI=1S/C12H24N2O2/c1-10(15)8-14-11(16)7-12(9-13)5-3-2-4-6-12/h10,15H,2-9,13H2,1H3,(H,14,16)/t10-/m1/s1. The van der Waals surface area contributed by atoms with Crippen LogP contribution in [0.25, 0.3) is 0 Å². The maximum Gasteiger partial charge on any atom is 0.220 e. The van der Waals surface area contributed by atoms with E-state index in [1.165, 1.54) is 19.3 Å². The molecule has 4 nitrogen and oxygen atoms in total. The summed E-state index contributed by atoms with van der Waals surface area (Å²) in [5, 5.41) is 11.8. The summed E-state index contributed by atoms with van der Waals surface area (Å²) in [7, 11) is 0. The number of aliphatic hydroxyl groups is 1. The van der Waals surface area contributed by atoms with Gasteiger partial charge in [0.05, 0.1) is 6.10 Å². The van der Waals surface area contributed by atoms with E-state index in [2.05, 4.69) is 5.32 Å². The van der Waals surface area contributed by atoms with Crippen molar-refractivity contribution in [2.75, 3.05) is 13.1 Å². The minimum atomic E-state index is -0.482. The Morgan fingerprint density at radius 1 is 1.44 bits per heavy atom. The van der Waals surface area contributed by atoms with Crippen molar-refractivity contribution < 1.29 is 9.90 Å². The van der Waals surface area contributed by atoms with Crippen molar-refractivity contribution in [1.82, 2.24) is 5.32 Å². The van der Waals surface area contributed by atoms with Gasteiger partial charge in [0.25, 0.3) is 0 Å². The van der Waals surface area contributed by atoms with Crippen molar-refractivity contribution in [2.24, 2.45) is 11.1 Å². The quantitative estimate of drug-likeness (QED) is 0.651. The van der Waals surface area contributed by atoms with Gasteiger partial charge in [-0.3, -0.25) is 4.79 Å². The van der Waals surface area contributed by atoms with Crippen LogP contribution in [0.1, 0.15) is 45.4 Å². The van der Waals surface area contributed by atoms with Gasteiger partial charge in [0.1, 0.15) is 0 Å². The molecule has 0 bridgehead atoms. The van der Waals surface area contributed by atoms with Crippen LogP contribution in [-0.2, 0) is 4.79 Å². The molecule has 1 rings (SSSR count). The average molecular weight is 228 g/mol. The number of carbonyl (C=O) groups is 1. The van der Waals surface area contributed by atoms with Crippen LogP contribution in [0.15, 0.2) is 0 Å². The molecule has 1 amide bonds. The van der Waals surface area contributed by atoms with Crippen LogP contribution in [-0.4, -0.2) is 30.2 Å². The van der Waals surface area contributed by atoms with Crippen molar-refractivity contribution in [3.63, 3.8) is 0 Å². The summed E-state index contributed by atoms with van der Waals surface area (Å²) < 4.78 is 0. The number of nitrogens with two attached hydrogens (primary N) is 1. The molecule has 1 aliphatic rings. The summed E-state index contributed by atoms with van der Waals surface area (Å²) in [4.78, 5) is 11.7. The normalized spacial score (nSPS) is 21.4. The fourth-order valence-electron chi connectivity index (χ4n) is 2.42. The van der Waals surface area contributed by atoms with Crippen LogP contribution in [0.5, 0.6) is 0 Å². The molecule has 0 aromatic heterocycles. The van der Waals surface area contributed by atoms with Gasteiger partial charge in [0, 0.05) is 13.0 Å². The van der Waals surface area contributed by atoms with Gasteiger partial charge in [-0.05, 0) is 31.7 Å². The van der Waals surface area contributed by atoms with Gasteiger partial charge < -0.3 is 16.2 Å². The molecule has 0 aromatic carbocycles. The predicted molar refractivity (Wildman–Crippen MR) is 63.9 cm³/mol. The SMILES string of the molecule is C[C@@H](O)CNC(=O)CC1(CN)CCCCC1.